The van der Waals surface area contributed by atoms with Crippen molar-refractivity contribution in [1.82, 2.24) is 4.98 Å². The molecule has 2 heterocycles. The summed E-state index contributed by atoms with van der Waals surface area (Å²) < 4.78 is 0. The zero-order valence-electron chi connectivity index (χ0n) is 9.96. The SMILES string of the molecule is CC1Cc2cc(N)ccc2N1C(=O)c1cncs1. The molecule has 1 atom stereocenters. The Morgan fingerprint density at radius 3 is 3.11 bits per heavy atom. The van der Waals surface area contributed by atoms with E-state index in [9.17, 15) is 4.79 Å². The summed E-state index contributed by atoms with van der Waals surface area (Å²) in [6.07, 6.45) is 2.47. The van der Waals surface area contributed by atoms with Gasteiger partial charge in [0.25, 0.3) is 5.91 Å². The molecule has 0 saturated carbocycles. The summed E-state index contributed by atoms with van der Waals surface area (Å²) in [5.41, 5.74) is 10.3. The molecule has 2 aromatic rings. The molecule has 0 bridgehead atoms. The Balaban J connectivity index is 2.02. The number of nitrogens with two attached hydrogens (primary N) is 1. The van der Waals surface area contributed by atoms with Crippen molar-refractivity contribution < 1.29 is 4.79 Å². The number of aromatic nitrogens is 1. The summed E-state index contributed by atoms with van der Waals surface area (Å²) in [4.78, 5) is 18.9. The van der Waals surface area contributed by atoms with Crippen molar-refractivity contribution in [2.75, 3.05) is 10.6 Å². The molecule has 1 unspecified atom stereocenters. The molecular weight excluding hydrogens is 246 g/mol. The van der Waals surface area contributed by atoms with Crippen molar-refractivity contribution in [3.05, 3.63) is 40.3 Å². The first-order valence-electron chi connectivity index (χ1n) is 5.77. The van der Waals surface area contributed by atoms with Gasteiger partial charge >= 0.3 is 0 Å². The van der Waals surface area contributed by atoms with Crippen molar-refractivity contribution in [3.8, 4) is 0 Å². The molecule has 1 aliphatic rings. The van der Waals surface area contributed by atoms with Gasteiger partial charge in [0.2, 0.25) is 0 Å². The minimum atomic E-state index is 0.0218. The highest BCUT2D eigenvalue weighted by Gasteiger charge is 2.32. The van der Waals surface area contributed by atoms with Crippen molar-refractivity contribution >= 4 is 28.6 Å². The van der Waals surface area contributed by atoms with Gasteiger partial charge in [0.15, 0.2) is 0 Å². The molecule has 3 rings (SSSR count). The number of hydrogen-bond acceptors (Lipinski definition) is 4. The summed E-state index contributed by atoms with van der Waals surface area (Å²) in [5, 5.41) is 0. The maximum atomic E-state index is 12.4. The second-order valence-corrected chi connectivity index (χ2v) is 5.37. The summed E-state index contributed by atoms with van der Waals surface area (Å²) in [7, 11) is 0. The van der Waals surface area contributed by atoms with Crippen LogP contribution in [0.5, 0.6) is 0 Å². The first-order valence-corrected chi connectivity index (χ1v) is 6.65. The largest absolute Gasteiger partial charge is 0.399 e. The van der Waals surface area contributed by atoms with Gasteiger partial charge in [-0.1, -0.05) is 0 Å². The molecule has 1 aromatic heterocycles. The number of carbonyl (C=O) groups excluding carboxylic acids is 1. The third-order valence-electron chi connectivity index (χ3n) is 3.18. The van der Waals surface area contributed by atoms with Gasteiger partial charge in [0.1, 0.15) is 4.88 Å². The van der Waals surface area contributed by atoms with Crippen LogP contribution < -0.4 is 10.6 Å². The van der Waals surface area contributed by atoms with E-state index in [1.807, 2.05) is 23.1 Å². The number of fused-ring (bicyclic) bond motifs is 1. The van der Waals surface area contributed by atoms with Crippen LogP contribution in [0.25, 0.3) is 0 Å². The fraction of sp³-hybridized carbons (Fsp3) is 0.231. The van der Waals surface area contributed by atoms with E-state index in [-0.39, 0.29) is 11.9 Å². The van der Waals surface area contributed by atoms with E-state index in [1.165, 1.54) is 11.3 Å². The number of hydrogen-bond donors (Lipinski definition) is 1. The average molecular weight is 259 g/mol. The predicted octanol–water partition coefficient (Wildman–Crippen LogP) is 2.32. The lowest BCUT2D eigenvalue weighted by Crippen LogP contribution is -2.35. The monoisotopic (exact) mass is 259 g/mol. The molecule has 2 N–H and O–H groups in total. The second kappa shape index (κ2) is 4.10. The average Bonchev–Trinajstić information content (AvgIpc) is 2.94. The highest BCUT2D eigenvalue weighted by molar-refractivity contribution is 7.11. The molecular formula is C13H13N3OS. The van der Waals surface area contributed by atoms with Crippen LogP contribution in [0.1, 0.15) is 22.2 Å². The molecule has 0 radical (unpaired) electrons. The van der Waals surface area contributed by atoms with Crippen LogP contribution in [0.2, 0.25) is 0 Å². The Morgan fingerprint density at radius 2 is 2.39 bits per heavy atom. The molecule has 5 heteroatoms. The normalized spacial score (nSPS) is 17.8. The minimum absolute atomic E-state index is 0.0218. The summed E-state index contributed by atoms with van der Waals surface area (Å²) in [6.45, 7) is 2.05. The van der Waals surface area contributed by atoms with E-state index in [0.717, 1.165) is 23.4 Å². The number of anilines is 2. The molecule has 0 spiro atoms. The first kappa shape index (κ1) is 11.2. The number of benzene rings is 1. The molecule has 92 valence electrons. The van der Waals surface area contributed by atoms with Gasteiger partial charge in [0.05, 0.1) is 11.7 Å². The van der Waals surface area contributed by atoms with Gasteiger partial charge in [-0.3, -0.25) is 9.78 Å². The van der Waals surface area contributed by atoms with Crippen molar-refractivity contribution in [1.29, 1.82) is 0 Å². The molecule has 0 saturated heterocycles. The minimum Gasteiger partial charge on any atom is -0.399 e. The molecule has 1 aromatic carbocycles. The van der Waals surface area contributed by atoms with Crippen LogP contribution in [0, 0.1) is 0 Å². The third-order valence-corrected chi connectivity index (χ3v) is 3.94. The van der Waals surface area contributed by atoms with Gasteiger partial charge in [-0.05, 0) is 37.1 Å². The lowest BCUT2D eigenvalue weighted by atomic mass is 10.1. The number of carbonyl (C=O) groups is 1. The Bertz CT molecular complexity index is 594. The third kappa shape index (κ3) is 1.67. The van der Waals surface area contributed by atoms with Gasteiger partial charge in [0, 0.05) is 17.4 Å². The maximum Gasteiger partial charge on any atom is 0.270 e. The quantitative estimate of drug-likeness (QED) is 0.799. The van der Waals surface area contributed by atoms with Crippen LogP contribution in [0.15, 0.2) is 29.9 Å². The standard InChI is InChI=1S/C13H13N3OS/c1-8-4-9-5-10(14)2-3-11(9)16(8)13(17)12-6-15-7-18-12/h2-3,5-8H,4,14H2,1H3. The van der Waals surface area contributed by atoms with E-state index in [2.05, 4.69) is 11.9 Å². The van der Waals surface area contributed by atoms with Crippen molar-refractivity contribution in [2.45, 2.75) is 19.4 Å². The Kier molecular flexibility index (Phi) is 2.56. The zero-order chi connectivity index (χ0) is 12.7. The number of nitrogens with zero attached hydrogens (tertiary/aromatic N) is 2. The van der Waals surface area contributed by atoms with Crippen molar-refractivity contribution in [2.24, 2.45) is 0 Å². The smallest absolute Gasteiger partial charge is 0.270 e. The fourth-order valence-corrected chi connectivity index (χ4v) is 2.96. The molecule has 1 amide bonds. The maximum absolute atomic E-state index is 12.4. The fourth-order valence-electron chi connectivity index (χ4n) is 2.40. The Labute approximate surface area is 109 Å². The summed E-state index contributed by atoms with van der Waals surface area (Å²) >= 11 is 1.37. The molecule has 1 aliphatic heterocycles. The summed E-state index contributed by atoms with van der Waals surface area (Å²) in [6, 6.07) is 5.87. The van der Waals surface area contributed by atoms with E-state index < -0.39 is 0 Å². The van der Waals surface area contributed by atoms with E-state index in [4.69, 9.17) is 5.73 Å². The van der Waals surface area contributed by atoms with Crippen LogP contribution in [-0.2, 0) is 6.42 Å². The molecule has 0 aliphatic carbocycles. The highest BCUT2D eigenvalue weighted by atomic mass is 32.1. The number of nitrogen functional groups attached to an aromatic ring is 1. The lowest BCUT2D eigenvalue weighted by molar-refractivity contribution is 0.0985. The van der Waals surface area contributed by atoms with E-state index in [0.29, 0.717) is 4.88 Å². The van der Waals surface area contributed by atoms with Crippen LogP contribution >= 0.6 is 11.3 Å². The molecule has 4 nitrogen and oxygen atoms in total. The highest BCUT2D eigenvalue weighted by Crippen LogP contribution is 2.34. The van der Waals surface area contributed by atoms with Crippen LogP contribution in [-0.4, -0.2) is 16.9 Å². The Hall–Kier alpha value is -1.88. The van der Waals surface area contributed by atoms with Crippen LogP contribution in [0.3, 0.4) is 0 Å². The molecule has 0 fully saturated rings. The predicted molar refractivity (Wildman–Crippen MR) is 72.9 cm³/mol. The number of rotatable bonds is 1. The number of thiazole rings is 1. The lowest BCUT2D eigenvalue weighted by Gasteiger charge is -2.21. The van der Waals surface area contributed by atoms with Gasteiger partial charge < -0.3 is 10.6 Å². The summed E-state index contributed by atoms with van der Waals surface area (Å²) in [5.74, 6) is 0.0218. The van der Waals surface area contributed by atoms with Gasteiger partial charge in [-0.25, -0.2) is 0 Å². The zero-order valence-corrected chi connectivity index (χ0v) is 10.8. The Morgan fingerprint density at radius 1 is 1.56 bits per heavy atom. The van der Waals surface area contributed by atoms with E-state index >= 15 is 0 Å². The van der Waals surface area contributed by atoms with Crippen LogP contribution in [0.4, 0.5) is 11.4 Å². The first-order chi connectivity index (χ1) is 8.66. The van der Waals surface area contributed by atoms with Crippen molar-refractivity contribution in [3.63, 3.8) is 0 Å². The number of amides is 1. The molecule has 18 heavy (non-hydrogen) atoms. The topological polar surface area (TPSA) is 59.2 Å². The van der Waals surface area contributed by atoms with E-state index in [1.54, 1.807) is 11.7 Å². The van der Waals surface area contributed by atoms with Gasteiger partial charge in [-0.15, -0.1) is 11.3 Å². The van der Waals surface area contributed by atoms with Gasteiger partial charge in [-0.2, -0.15) is 0 Å². The second-order valence-electron chi connectivity index (χ2n) is 4.48.